The molecule has 5 nitrogen and oxygen atoms in total. The fraction of sp³-hybridized carbons (Fsp3) is 0.619. The van der Waals surface area contributed by atoms with Crippen LogP contribution in [0.1, 0.15) is 43.2 Å². The number of carbonyl (C=O) groups excluding carboxylic acids is 1. The van der Waals surface area contributed by atoms with Gasteiger partial charge in [-0.05, 0) is 50.5 Å². The van der Waals surface area contributed by atoms with Crippen molar-refractivity contribution in [3.05, 3.63) is 35.4 Å². The molecule has 5 heteroatoms. The summed E-state index contributed by atoms with van der Waals surface area (Å²) in [5.41, 5.74) is 2.53. The van der Waals surface area contributed by atoms with Gasteiger partial charge in [-0.3, -0.25) is 9.59 Å². The van der Waals surface area contributed by atoms with Gasteiger partial charge in [-0.25, -0.2) is 0 Å². The monoisotopic (exact) mass is 359 g/mol. The zero-order valence-electron chi connectivity index (χ0n) is 15.5. The normalized spacial score (nSPS) is 24.0. The van der Waals surface area contributed by atoms with Crippen molar-refractivity contribution in [3.8, 4) is 0 Å². The van der Waals surface area contributed by atoms with Crippen LogP contribution in [0.15, 0.2) is 24.3 Å². The van der Waals surface area contributed by atoms with Crippen LogP contribution in [0.3, 0.4) is 0 Å². The number of nitrogens with zero attached hydrogens (tertiary/aromatic N) is 1. The highest BCUT2D eigenvalue weighted by atomic mass is 16.5. The number of hydrogen-bond acceptors (Lipinski definition) is 3. The van der Waals surface area contributed by atoms with Crippen LogP contribution in [-0.2, 0) is 20.7 Å². The lowest BCUT2D eigenvalue weighted by molar-refractivity contribution is -0.146. The highest BCUT2D eigenvalue weighted by Gasteiger charge is 2.40. The summed E-state index contributed by atoms with van der Waals surface area (Å²) in [4.78, 5) is 25.7. The Hall–Kier alpha value is -1.88. The quantitative estimate of drug-likeness (QED) is 0.848. The summed E-state index contributed by atoms with van der Waals surface area (Å²) >= 11 is 0. The number of rotatable bonds is 6. The molecule has 0 spiro atoms. The molecule has 1 amide bonds. The molecule has 1 unspecified atom stereocenters. The van der Waals surface area contributed by atoms with Gasteiger partial charge in [0.15, 0.2) is 0 Å². The Kier molecular flexibility index (Phi) is 6.30. The third-order valence-corrected chi connectivity index (χ3v) is 5.79. The average molecular weight is 359 g/mol. The molecule has 2 aliphatic rings. The maximum Gasteiger partial charge on any atom is 0.309 e. The van der Waals surface area contributed by atoms with Crippen molar-refractivity contribution < 1.29 is 19.4 Å². The van der Waals surface area contributed by atoms with Gasteiger partial charge >= 0.3 is 5.97 Å². The van der Waals surface area contributed by atoms with E-state index < -0.39 is 5.97 Å². The lowest BCUT2D eigenvalue weighted by Gasteiger charge is -2.35. The van der Waals surface area contributed by atoms with Gasteiger partial charge in [0.1, 0.15) is 0 Å². The summed E-state index contributed by atoms with van der Waals surface area (Å²) in [5.74, 6) is -0.647. The van der Waals surface area contributed by atoms with Crippen LogP contribution >= 0.6 is 0 Å². The second-order valence-electron chi connectivity index (χ2n) is 7.63. The second-order valence-corrected chi connectivity index (χ2v) is 7.63. The Bertz CT molecular complexity index is 619. The number of hydrogen-bond donors (Lipinski definition) is 1. The fourth-order valence-electron chi connectivity index (χ4n) is 4.17. The zero-order valence-corrected chi connectivity index (χ0v) is 15.5. The van der Waals surface area contributed by atoms with Crippen molar-refractivity contribution in [3.63, 3.8) is 0 Å². The van der Waals surface area contributed by atoms with E-state index in [9.17, 15) is 14.7 Å². The summed E-state index contributed by atoms with van der Waals surface area (Å²) in [7, 11) is 0. The SMILES string of the molecule is Cc1ccc(CCCC(=O)N2CCC([C@@H]3OCCC3C(=O)O)CC2)cc1. The number of ether oxygens (including phenoxy) is 1. The van der Waals surface area contributed by atoms with Crippen LogP contribution in [0.5, 0.6) is 0 Å². The molecule has 2 atom stereocenters. The number of carboxylic acids is 1. The van der Waals surface area contributed by atoms with E-state index >= 15 is 0 Å². The maximum absolute atomic E-state index is 12.4. The van der Waals surface area contributed by atoms with Gasteiger partial charge in [-0.2, -0.15) is 0 Å². The highest BCUT2D eigenvalue weighted by molar-refractivity contribution is 5.76. The second kappa shape index (κ2) is 8.67. The molecule has 0 radical (unpaired) electrons. The van der Waals surface area contributed by atoms with Crippen LogP contribution in [0.25, 0.3) is 0 Å². The van der Waals surface area contributed by atoms with E-state index in [0.717, 1.165) is 38.8 Å². The van der Waals surface area contributed by atoms with Crippen molar-refractivity contribution in [2.75, 3.05) is 19.7 Å². The molecule has 26 heavy (non-hydrogen) atoms. The molecule has 142 valence electrons. The van der Waals surface area contributed by atoms with Gasteiger partial charge in [-0.15, -0.1) is 0 Å². The van der Waals surface area contributed by atoms with E-state index in [4.69, 9.17) is 4.74 Å². The number of carboxylic acid groups (broad SMARTS) is 1. The number of aryl methyl sites for hydroxylation is 2. The first-order valence-corrected chi connectivity index (χ1v) is 9.72. The first-order valence-electron chi connectivity index (χ1n) is 9.72. The number of benzene rings is 1. The molecule has 0 aliphatic carbocycles. The van der Waals surface area contributed by atoms with Crippen molar-refractivity contribution in [1.29, 1.82) is 0 Å². The van der Waals surface area contributed by atoms with Gasteiger partial charge < -0.3 is 14.7 Å². The number of aliphatic carboxylic acids is 1. The molecule has 2 aliphatic heterocycles. The summed E-state index contributed by atoms with van der Waals surface area (Å²) in [6.45, 7) is 4.06. The molecule has 0 saturated carbocycles. The van der Waals surface area contributed by atoms with Gasteiger partial charge in [0.2, 0.25) is 5.91 Å². The van der Waals surface area contributed by atoms with Gasteiger partial charge in [-0.1, -0.05) is 29.8 Å². The summed E-state index contributed by atoms with van der Waals surface area (Å²) in [6.07, 6.45) is 4.50. The molecule has 1 aromatic carbocycles. The topological polar surface area (TPSA) is 66.8 Å². The fourth-order valence-corrected chi connectivity index (χ4v) is 4.17. The first kappa shape index (κ1) is 18.9. The van der Waals surface area contributed by atoms with Crippen molar-refractivity contribution >= 4 is 11.9 Å². The first-order chi connectivity index (χ1) is 12.5. The molecular weight excluding hydrogens is 330 g/mol. The lowest BCUT2D eigenvalue weighted by atomic mass is 9.84. The Morgan fingerprint density at radius 1 is 1.15 bits per heavy atom. The van der Waals surface area contributed by atoms with Crippen molar-refractivity contribution in [1.82, 2.24) is 4.90 Å². The zero-order chi connectivity index (χ0) is 18.5. The summed E-state index contributed by atoms with van der Waals surface area (Å²) in [5, 5.41) is 9.32. The van der Waals surface area contributed by atoms with Gasteiger partial charge in [0.05, 0.1) is 12.0 Å². The summed E-state index contributed by atoms with van der Waals surface area (Å²) in [6, 6.07) is 8.48. The van der Waals surface area contributed by atoms with Crippen LogP contribution < -0.4 is 0 Å². The van der Waals surface area contributed by atoms with E-state index in [-0.39, 0.29) is 23.8 Å². The number of amides is 1. The Labute approximate surface area is 155 Å². The number of likely N-dealkylation sites (tertiary alicyclic amines) is 1. The highest BCUT2D eigenvalue weighted by Crippen LogP contribution is 2.33. The predicted molar refractivity (Wildman–Crippen MR) is 98.9 cm³/mol. The Morgan fingerprint density at radius 3 is 2.50 bits per heavy atom. The molecule has 3 rings (SSSR count). The smallest absolute Gasteiger partial charge is 0.309 e. The molecule has 1 N–H and O–H groups in total. The standard InChI is InChI=1S/C21H29NO4/c1-15-5-7-16(8-6-15)3-2-4-19(23)22-12-9-17(10-13-22)20-18(21(24)25)11-14-26-20/h5-8,17-18,20H,2-4,9-14H2,1H3,(H,24,25)/t18?,20-/m0/s1. The number of carbonyl (C=O) groups is 2. The van der Waals surface area contributed by atoms with E-state index in [1.54, 1.807) is 0 Å². The third kappa shape index (κ3) is 4.64. The van der Waals surface area contributed by atoms with Crippen LogP contribution in [0, 0.1) is 18.8 Å². The molecule has 2 heterocycles. The minimum absolute atomic E-state index is 0.175. The summed E-state index contributed by atoms with van der Waals surface area (Å²) < 4.78 is 5.70. The minimum atomic E-state index is -0.748. The molecule has 2 fully saturated rings. The average Bonchev–Trinajstić information content (AvgIpc) is 3.13. The molecule has 1 aromatic rings. The van der Waals surface area contributed by atoms with Crippen LogP contribution in [0.2, 0.25) is 0 Å². The molecule has 2 saturated heterocycles. The Morgan fingerprint density at radius 2 is 1.85 bits per heavy atom. The largest absolute Gasteiger partial charge is 0.481 e. The third-order valence-electron chi connectivity index (χ3n) is 5.79. The van der Waals surface area contributed by atoms with E-state index in [1.165, 1.54) is 11.1 Å². The van der Waals surface area contributed by atoms with E-state index in [2.05, 4.69) is 31.2 Å². The number of piperidine rings is 1. The lowest BCUT2D eigenvalue weighted by Crippen LogP contribution is -2.43. The maximum atomic E-state index is 12.4. The molecular formula is C21H29NO4. The van der Waals surface area contributed by atoms with Crippen molar-refractivity contribution in [2.45, 2.75) is 51.6 Å². The van der Waals surface area contributed by atoms with E-state index in [1.807, 2.05) is 4.90 Å². The molecule has 0 bridgehead atoms. The van der Waals surface area contributed by atoms with Crippen LogP contribution in [-0.4, -0.2) is 47.7 Å². The van der Waals surface area contributed by atoms with E-state index in [0.29, 0.717) is 19.4 Å². The minimum Gasteiger partial charge on any atom is -0.481 e. The van der Waals surface area contributed by atoms with Gasteiger partial charge in [0, 0.05) is 26.1 Å². The predicted octanol–water partition coefficient (Wildman–Crippen LogP) is 3.05. The van der Waals surface area contributed by atoms with Crippen molar-refractivity contribution in [2.24, 2.45) is 11.8 Å². The Balaban J connectivity index is 1.40. The van der Waals surface area contributed by atoms with Gasteiger partial charge in [0.25, 0.3) is 0 Å². The van der Waals surface area contributed by atoms with Crippen LogP contribution in [0.4, 0.5) is 0 Å². The molecule has 0 aromatic heterocycles.